The number of likely N-dealkylation sites (N-methyl/N-ethyl adjacent to an activating group) is 1. The number of hydrogen-bond acceptors (Lipinski definition) is 3. The SMILES string of the molecule is CC1CN(C)CCCN1C1CCC(O)C1. The van der Waals surface area contributed by atoms with Gasteiger partial charge in [0.2, 0.25) is 0 Å². The quantitative estimate of drug-likeness (QED) is 0.700. The minimum Gasteiger partial charge on any atom is -0.393 e. The Labute approximate surface area is 93.1 Å². The van der Waals surface area contributed by atoms with E-state index >= 15 is 0 Å². The standard InChI is InChI=1S/C12H24N2O/c1-10-9-13(2)6-3-7-14(10)11-4-5-12(15)8-11/h10-12,15H,3-9H2,1-2H3. The van der Waals surface area contributed by atoms with Crippen LogP contribution in [0.3, 0.4) is 0 Å². The van der Waals surface area contributed by atoms with Gasteiger partial charge in [0.25, 0.3) is 0 Å². The van der Waals surface area contributed by atoms with Crippen LogP contribution in [0.1, 0.15) is 32.6 Å². The second-order valence-electron chi connectivity index (χ2n) is 5.32. The lowest BCUT2D eigenvalue weighted by atomic mass is 10.1. The summed E-state index contributed by atoms with van der Waals surface area (Å²) in [6, 6.07) is 1.29. The van der Waals surface area contributed by atoms with Crippen LogP contribution >= 0.6 is 0 Å². The Morgan fingerprint density at radius 1 is 1.20 bits per heavy atom. The second kappa shape index (κ2) is 4.81. The normalized spacial score (nSPS) is 40.6. The van der Waals surface area contributed by atoms with Gasteiger partial charge in [-0.1, -0.05) is 0 Å². The van der Waals surface area contributed by atoms with E-state index in [-0.39, 0.29) is 6.10 Å². The van der Waals surface area contributed by atoms with Crippen molar-refractivity contribution in [1.82, 2.24) is 9.80 Å². The van der Waals surface area contributed by atoms with Gasteiger partial charge in [-0.2, -0.15) is 0 Å². The Morgan fingerprint density at radius 3 is 2.67 bits per heavy atom. The van der Waals surface area contributed by atoms with Crippen LogP contribution in [0, 0.1) is 0 Å². The van der Waals surface area contributed by atoms with Crippen molar-refractivity contribution in [3.63, 3.8) is 0 Å². The molecule has 2 aliphatic rings. The van der Waals surface area contributed by atoms with Crippen LogP contribution in [0.15, 0.2) is 0 Å². The molecule has 0 aromatic heterocycles. The second-order valence-corrected chi connectivity index (χ2v) is 5.32. The molecule has 1 aliphatic heterocycles. The van der Waals surface area contributed by atoms with Crippen molar-refractivity contribution >= 4 is 0 Å². The van der Waals surface area contributed by atoms with Crippen LogP contribution in [-0.4, -0.2) is 59.8 Å². The predicted octanol–water partition coefficient (Wildman–Crippen LogP) is 0.926. The fourth-order valence-corrected chi connectivity index (χ4v) is 3.17. The Bertz CT molecular complexity index is 210. The van der Waals surface area contributed by atoms with Crippen LogP contribution in [0.2, 0.25) is 0 Å². The molecule has 1 aliphatic carbocycles. The summed E-state index contributed by atoms with van der Waals surface area (Å²) in [5, 5.41) is 9.60. The molecule has 0 radical (unpaired) electrons. The van der Waals surface area contributed by atoms with E-state index < -0.39 is 0 Å². The maximum absolute atomic E-state index is 9.60. The lowest BCUT2D eigenvalue weighted by molar-refractivity contribution is 0.123. The van der Waals surface area contributed by atoms with E-state index in [4.69, 9.17) is 0 Å². The molecule has 1 saturated heterocycles. The van der Waals surface area contributed by atoms with E-state index in [9.17, 15) is 5.11 Å². The average molecular weight is 212 g/mol. The van der Waals surface area contributed by atoms with Gasteiger partial charge in [-0.05, 0) is 52.7 Å². The summed E-state index contributed by atoms with van der Waals surface area (Å²) >= 11 is 0. The summed E-state index contributed by atoms with van der Waals surface area (Å²) in [4.78, 5) is 5.05. The van der Waals surface area contributed by atoms with Crippen molar-refractivity contribution in [3.05, 3.63) is 0 Å². The first-order valence-corrected chi connectivity index (χ1v) is 6.29. The van der Waals surface area contributed by atoms with E-state index in [1.165, 1.54) is 32.5 Å². The Morgan fingerprint density at radius 2 is 2.00 bits per heavy atom. The molecule has 0 amide bonds. The number of rotatable bonds is 1. The molecule has 1 saturated carbocycles. The van der Waals surface area contributed by atoms with Crippen molar-refractivity contribution < 1.29 is 5.11 Å². The third kappa shape index (κ3) is 2.71. The van der Waals surface area contributed by atoms with Crippen LogP contribution in [0.25, 0.3) is 0 Å². The van der Waals surface area contributed by atoms with Crippen molar-refractivity contribution in [2.45, 2.75) is 50.8 Å². The Balaban J connectivity index is 1.95. The molecule has 2 rings (SSSR count). The van der Waals surface area contributed by atoms with E-state index in [0.29, 0.717) is 12.1 Å². The number of nitrogens with zero attached hydrogens (tertiary/aromatic N) is 2. The van der Waals surface area contributed by atoms with Crippen LogP contribution < -0.4 is 0 Å². The molecule has 3 unspecified atom stereocenters. The van der Waals surface area contributed by atoms with Gasteiger partial charge in [0, 0.05) is 18.6 Å². The molecule has 0 aromatic carbocycles. The van der Waals surface area contributed by atoms with Crippen molar-refractivity contribution in [2.75, 3.05) is 26.7 Å². The van der Waals surface area contributed by atoms with Gasteiger partial charge in [-0.3, -0.25) is 4.90 Å². The molecule has 1 heterocycles. The highest BCUT2D eigenvalue weighted by Gasteiger charge is 2.31. The average Bonchev–Trinajstić information content (AvgIpc) is 2.51. The van der Waals surface area contributed by atoms with Crippen LogP contribution in [0.4, 0.5) is 0 Å². The maximum Gasteiger partial charge on any atom is 0.0555 e. The molecule has 0 bridgehead atoms. The molecule has 0 spiro atoms. The van der Waals surface area contributed by atoms with Gasteiger partial charge in [0.05, 0.1) is 6.10 Å². The Kier molecular flexibility index (Phi) is 3.65. The number of aliphatic hydroxyl groups is 1. The van der Waals surface area contributed by atoms with E-state index in [1.807, 2.05) is 0 Å². The van der Waals surface area contributed by atoms with Gasteiger partial charge in [-0.15, -0.1) is 0 Å². The van der Waals surface area contributed by atoms with Crippen LogP contribution in [0.5, 0.6) is 0 Å². The van der Waals surface area contributed by atoms with Gasteiger partial charge in [0.1, 0.15) is 0 Å². The summed E-state index contributed by atoms with van der Waals surface area (Å²) in [7, 11) is 2.21. The Hall–Kier alpha value is -0.120. The minimum atomic E-state index is -0.0387. The maximum atomic E-state index is 9.60. The number of hydrogen-bond donors (Lipinski definition) is 1. The lowest BCUT2D eigenvalue weighted by Gasteiger charge is -2.33. The van der Waals surface area contributed by atoms with Crippen molar-refractivity contribution in [3.8, 4) is 0 Å². The zero-order chi connectivity index (χ0) is 10.8. The van der Waals surface area contributed by atoms with Crippen molar-refractivity contribution in [1.29, 1.82) is 0 Å². The molecular formula is C12H24N2O. The third-order valence-corrected chi connectivity index (χ3v) is 3.94. The highest BCUT2D eigenvalue weighted by atomic mass is 16.3. The first-order chi connectivity index (χ1) is 7.16. The number of aliphatic hydroxyl groups excluding tert-OH is 1. The summed E-state index contributed by atoms with van der Waals surface area (Å²) in [6.45, 7) is 5.93. The first kappa shape index (κ1) is 11.4. The van der Waals surface area contributed by atoms with E-state index in [1.54, 1.807) is 0 Å². The van der Waals surface area contributed by atoms with Gasteiger partial charge in [-0.25, -0.2) is 0 Å². The van der Waals surface area contributed by atoms with Gasteiger partial charge >= 0.3 is 0 Å². The van der Waals surface area contributed by atoms with Crippen LogP contribution in [-0.2, 0) is 0 Å². The molecule has 2 fully saturated rings. The summed E-state index contributed by atoms with van der Waals surface area (Å²) in [5.41, 5.74) is 0. The smallest absolute Gasteiger partial charge is 0.0555 e. The molecule has 3 nitrogen and oxygen atoms in total. The summed E-state index contributed by atoms with van der Waals surface area (Å²) in [6.07, 6.45) is 4.42. The molecule has 0 aromatic rings. The monoisotopic (exact) mass is 212 g/mol. The summed E-state index contributed by atoms with van der Waals surface area (Å²) < 4.78 is 0. The lowest BCUT2D eigenvalue weighted by Crippen LogP contribution is -2.43. The first-order valence-electron chi connectivity index (χ1n) is 6.29. The minimum absolute atomic E-state index is 0.0387. The van der Waals surface area contributed by atoms with Gasteiger partial charge in [0.15, 0.2) is 0 Å². The fraction of sp³-hybridized carbons (Fsp3) is 1.00. The summed E-state index contributed by atoms with van der Waals surface area (Å²) in [5.74, 6) is 0. The fourth-order valence-electron chi connectivity index (χ4n) is 3.17. The zero-order valence-electron chi connectivity index (χ0n) is 10.0. The highest BCUT2D eigenvalue weighted by Crippen LogP contribution is 2.26. The van der Waals surface area contributed by atoms with Gasteiger partial charge < -0.3 is 10.0 Å². The topological polar surface area (TPSA) is 26.7 Å². The predicted molar refractivity (Wildman–Crippen MR) is 61.9 cm³/mol. The molecule has 3 heteroatoms. The highest BCUT2D eigenvalue weighted by molar-refractivity contribution is 4.87. The molecule has 3 atom stereocenters. The third-order valence-electron chi connectivity index (χ3n) is 3.94. The van der Waals surface area contributed by atoms with Crippen molar-refractivity contribution in [2.24, 2.45) is 0 Å². The molecule has 15 heavy (non-hydrogen) atoms. The molecular weight excluding hydrogens is 188 g/mol. The zero-order valence-corrected chi connectivity index (χ0v) is 10.0. The molecule has 88 valence electrons. The largest absolute Gasteiger partial charge is 0.393 e. The van der Waals surface area contributed by atoms with E-state index in [2.05, 4.69) is 23.8 Å². The van der Waals surface area contributed by atoms with E-state index in [0.717, 1.165) is 12.8 Å². The molecule has 1 N–H and O–H groups in total.